The van der Waals surface area contributed by atoms with Crippen molar-refractivity contribution in [2.75, 3.05) is 14.2 Å². The van der Waals surface area contributed by atoms with Crippen LogP contribution >= 0.6 is 0 Å². The van der Waals surface area contributed by atoms with Crippen LogP contribution in [0.3, 0.4) is 0 Å². The van der Waals surface area contributed by atoms with Crippen LogP contribution in [0.1, 0.15) is 19.8 Å². The normalized spacial score (nSPS) is 28.5. The first kappa shape index (κ1) is 12.9. The van der Waals surface area contributed by atoms with E-state index in [9.17, 15) is 0 Å². The molecule has 0 aromatic heterocycles. The predicted octanol–water partition coefficient (Wildman–Crippen LogP) is 3.35. The first-order valence-corrected chi connectivity index (χ1v) is 6.33. The Bertz CT molecular complexity index is 463. The summed E-state index contributed by atoms with van der Waals surface area (Å²) in [7, 11) is 3.41. The minimum Gasteiger partial charge on any atom is -0.500 e. The second kappa shape index (κ2) is 5.38. The van der Waals surface area contributed by atoms with E-state index in [1.807, 2.05) is 6.08 Å². The largest absolute Gasteiger partial charge is 0.500 e. The monoisotopic (exact) mass is 245 g/mol. The number of ketones is 1. The summed E-state index contributed by atoms with van der Waals surface area (Å²) < 4.78 is 10.8. The highest BCUT2D eigenvalue weighted by Gasteiger charge is 2.30. The lowest BCUT2D eigenvalue weighted by molar-refractivity contribution is -0.417. The van der Waals surface area contributed by atoms with Crippen LogP contribution in [0.5, 0.6) is 0 Å². The van der Waals surface area contributed by atoms with Crippen molar-refractivity contribution in [1.82, 2.24) is 0 Å². The molecule has 2 heteroatoms. The summed E-state index contributed by atoms with van der Waals surface area (Å²) in [6.45, 7) is 6.08. The summed E-state index contributed by atoms with van der Waals surface area (Å²) in [5, 5.41) is 0. The van der Waals surface area contributed by atoms with E-state index in [0.717, 1.165) is 24.4 Å². The van der Waals surface area contributed by atoms with Crippen LogP contribution in [-0.2, 0) is 9.16 Å². The Morgan fingerprint density at radius 2 is 2.22 bits per heavy atom. The molecule has 0 saturated heterocycles. The van der Waals surface area contributed by atoms with Gasteiger partial charge in [-0.15, -0.1) is 6.58 Å². The van der Waals surface area contributed by atoms with Crippen molar-refractivity contribution < 1.29 is 9.16 Å². The molecule has 0 radical (unpaired) electrons. The fourth-order valence-electron chi connectivity index (χ4n) is 2.66. The minimum absolute atomic E-state index is 0.287. The maximum atomic E-state index is 5.46. The Labute approximate surface area is 109 Å². The quantitative estimate of drug-likeness (QED) is 0.551. The Hall–Kier alpha value is -1.57. The van der Waals surface area contributed by atoms with E-state index in [0.29, 0.717) is 5.92 Å². The number of hydrogen-bond donors (Lipinski definition) is 0. The number of hydrogen-bond acceptors (Lipinski definition) is 1. The molecule has 2 aliphatic carbocycles. The molecule has 2 rings (SSSR count). The Kier molecular flexibility index (Phi) is 3.85. The SMILES string of the molecule is C=C(C)CC1C=CC2C(=CC(=[O+]C)C=C2OC)C1. The molecule has 0 amide bonds. The summed E-state index contributed by atoms with van der Waals surface area (Å²) in [4.78, 5) is 0. The van der Waals surface area contributed by atoms with Gasteiger partial charge in [-0.1, -0.05) is 17.7 Å². The van der Waals surface area contributed by atoms with Crippen LogP contribution in [0, 0.1) is 11.8 Å². The molecule has 2 atom stereocenters. The number of methoxy groups -OCH3 is 1. The van der Waals surface area contributed by atoms with Crippen molar-refractivity contribution in [3.8, 4) is 0 Å². The lowest BCUT2D eigenvalue weighted by Gasteiger charge is -2.28. The Morgan fingerprint density at radius 3 is 2.83 bits per heavy atom. The van der Waals surface area contributed by atoms with Gasteiger partial charge in [-0.25, -0.2) is 0 Å². The van der Waals surface area contributed by atoms with Crippen molar-refractivity contribution in [3.63, 3.8) is 0 Å². The molecule has 2 nitrogen and oxygen atoms in total. The summed E-state index contributed by atoms with van der Waals surface area (Å²) in [5.41, 5.74) is 2.61. The van der Waals surface area contributed by atoms with Gasteiger partial charge in [0.15, 0.2) is 0 Å². The van der Waals surface area contributed by atoms with E-state index in [1.165, 1.54) is 11.1 Å². The number of carbonyl (C=O) groups excluding carboxylic acids is 1. The topological polar surface area (TPSA) is 20.5 Å². The first-order valence-electron chi connectivity index (χ1n) is 6.33. The van der Waals surface area contributed by atoms with Gasteiger partial charge in [-0.2, -0.15) is 0 Å². The van der Waals surface area contributed by atoms with Crippen molar-refractivity contribution in [3.05, 3.63) is 47.8 Å². The standard InChI is InChI=1S/C16H21O2/c1-11(2)7-12-5-6-15-13(8-12)9-14(17-3)10-16(15)18-4/h5-6,9-10,12,15H,1,7-8H2,2-4H3/q+1. The highest BCUT2D eigenvalue weighted by Crippen LogP contribution is 2.37. The summed E-state index contributed by atoms with van der Waals surface area (Å²) in [5.74, 6) is 2.69. The van der Waals surface area contributed by atoms with Crippen molar-refractivity contribution in [2.24, 2.45) is 11.8 Å². The second-order valence-electron chi connectivity index (χ2n) is 5.06. The van der Waals surface area contributed by atoms with Gasteiger partial charge in [0.05, 0.1) is 19.1 Å². The predicted molar refractivity (Wildman–Crippen MR) is 74.3 cm³/mol. The van der Waals surface area contributed by atoms with Gasteiger partial charge in [-0.05, 0) is 31.3 Å². The van der Waals surface area contributed by atoms with Gasteiger partial charge >= 0.3 is 5.78 Å². The van der Waals surface area contributed by atoms with E-state index in [4.69, 9.17) is 9.16 Å². The molecule has 2 aliphatic rings. The number of fused-ring (bicyclic) bond motifs is 1. The number of rotatable bonds is 3. The molecular formula is C16H21O2+. The maximum absolute atomic E-state index is 5.46. The van der Waals surface area contributed by atoms with Crippen LogP contribution in [-0.4, -0.2) is 20.0 Å². The van der Waals surface area contributed by atoms with Gasteiger partial charge in [-0.3, -0.25) is 4.42 Å². The van der Waals surface area contributed by atoms with Gasteiger partial charge in [0.1, 0.15) is 5.76 Å². The van der Waals surface area contributed by atoms with Gasteiger partial charge in [0, 0.05) is 6.08 Å². The molecule has 0 N–H and O–H groups in total. The zero-order valence-corrected chi connectivity index (χ0v) is 11.4. The Morgan fingerprint density at radius 1 is 1.44 bits per heavy atom. The molecule has 18 heavy (non-hydrogen) atoms. The molecule has 0 aromatic carbocycles. The van der Waals surface area contributed by atoms with Crippen molar-refractivity contribution >= 4 is 5.78 Å². The molecule has 2 unspecified atom stereocenters. The number of ether oxygens (including phenoxy) is 1. The van der Waals surface area contributed by atoms with Gasteiger partial charge < -0.3 is 4.74 Å². The van der Waals surface area contributed by atoms with Crippen LogP contribution in [0.25, 0.3) is 0 Å². The third-order valence-corrected chi connectivity index (χ3v) is 3.47. The second-order valence-corrected chi connectivity index (χ2v) is 5.06. The smallest absolute Gasteiger partial charge is 0.346 e. The third-order valence-electron chi connectivity index (χ3n) is 3.47. The van der Waals surface area contributed by atoms with Crippen LogP contribution < -0.4 is 0 Å². The molecule has 0 spiro atoms. The van der Waals surface area contributed by atoms with E-state index < -0.39 is 0 Å². The lowest BCUT2D eigenvalue weighted by Crippen LogP contribution is -2.20. The fraction of sp³-hybridized carbons (Fsp3) is 0.438. The third kappa shape index (κ3) is 2.63. The van der Waals surface area contributed by atoms with Gasteiger partial charge in [0.25, 0.3) is 7.11 Å². The Balaban J connectivity index is 2.25. The first-order chi connectivity index (χ1) is 8.63. The van der Waals surface area contributed by atoms with Crippen LogP contribution in [0.15, 0.2) is 47.8 Å². The summed E-state index contributed by atoms with van der Waals surface area (Å²) >= 11 is 0. The van der Waals surface area contributed by atoms with Gasteiger partial charge in [0.2, 0.25) is 0 Å². The summed E-state index contributed by atoms with van der Waals surface area (Å²) in [6.07, 6.45) is 10.8. The maximum Gasteiger partial charge on any atom is 0.346 e. The molecule has 0 saturated carbocycles. The average Bonchev–Trinajstić information content (AvgIpc) is 2.36. The zero-order chi connectivity index (χ0) is 13.1. The molecule has 0 heterocycles. The molecule has 0 aromatic rings. The lowest BCUT2D eigenvalue weighted by atomic mass is 9.78. The highest BCUT2D eigenvalue weighted by atomic mass is 16.5. The summed E-state index contributed by atoms with van der Waals surface area (Å²) in [6, 6.07) is 0. The van der Waals surface area contributed by atoms with E-state index in [-0.39, 0.29) is 5.92 Å². The number of allylic oxidation sites excluding steroid dienone is 5. The van der Waals surface area contributed by atoms with Crippen LogP contribution in [0.2, 0.25) is 0 Å². The van der Waals surface area contributed by atoms with E-state index >= 15 is 0 Å². The van der Waals surface area contributed by atoms with E-state index in [2.05, 4.69) is 31.7 Å². The van der Waals surface area contributed by atoms with Crippen molar-refractivity contribution in [2.45, 2.75) is 19.8 Å². The molecule has 0 bridgehead atoms. The highest BCUT2D eigenvalue weighted by molar-refractivity contribution is 6.01. The van der Waals surface area contributed by atoms with E-state index in [1.54, 1.807) is 14.2 Å². The minimum atomic E-state index is 0.287. The van der Waals surface area contributed by atoms with Crippen molar-refractivity contribution in [1.29, 1.82) is 0 Å². The zero-order valence-electron chi connectivity index (χ0n) is 11.4. The fourth-order valence-corrected chi connectivity index (χ4v) is 2.66. The molecule has 0 fully saturated rings. The molecular weight excluding hydrogens is 224 g/mol. The average molecular weight is 245 g/mol. The molecule has 96 valence electrons. The van der Waals surface area contributed by atoms with Crippen LogP contribution in [0.4, 0.5) is 0 Å². The molecule has 0 aliphatic heterocycles.